The highest BCUT2D eigenvalue weighted by atomic mass is 32.2. The molecule has 1 nitrogen and oxygen atoms in total. The highest BCUT2D eigenvalue weighted by molar-refractivity contribution is 8.00. The van der Waals surface area contributed by atoms with Crippen LogP contribution in [-0.4, -0.2) is 23.7 Å². The Hall–Kier alpha value is 0.310. The van der Waals surface area contributed by atoms with Gasteiger partial charge < -0.3 is 4.74 Å². The summed E-state index contributed by atoms with van der Waals surface area (Å²) in [4.78, 5) is 0. The molecule has 0 N–H and O–H groups in total. The number of hydrogen-bond acceptors (Lipinski definition) is 2. The number of rotatable bonds is 6. The SMILES string of the molecule is CCCCOC1CCC(CCC)SC1. The predicted molar refractivity (Wildman–Crippen MR) is 65.0 cm³/mol. The van der Waals surface area contributed by atoms with E-state index in [9.17, 15) is 0 Å². The molecule has 0 aromatic carbocycles. The van der Waals surface area contributed by atoms with Crippen molar-refractivity contribution in [2.45, 2.75) is 63.7 Å². The van der Waals surface area contributed by atoms with Crippen LogP contribution >= 0.6 is 11.8 Å². The first-order valence-electron chi connectivity index (χ1n) is 6.10. The van der Waals surface area contributed by atoms with E-state index >= 15 is 0 Å². The van der Waals surface area contributed by atoms with Gasteiger partial charge in [-0.25, -0.2) is 0 Å². The molecule has 84 valence electrons. The Morgan fingerprint density at radius 1 is 1.21 bits per heavy atom. The molecular formula is C12H24OS. The lowest BCUT2D eigenvalue weighted by molar-refractivity contribution is 0.0575. The maximum Gasteiger partial charge on any atom is 0.0665 e. The summed E-state index contributed by atoms with van der Waals surface area (Å²) in [6.07, 6.45) is 8.42. The molecule has 0 aromatic heterocycles. The van der Waals surface area contributed by atoms with Gasteiger partial charge in [-0.1, -0.05) is 26.7 Å². The largest absolute Gasteiger partial charge is 0.377 e. The lowest BCUT2D eigenvalue weighted by Gasteiger charge is -2.27. The maximum absolute atomic E-state index is 5.83. The molecule has 0 bridgehead atoms. The van der Waals surface area contributed by atoms with Crippen LogP contribution in [0.1, 0.15) is 52.4 Å². The van der Waals surface area contributed by atoms with E-state index in [4.69, 9.17) is 4.74 Å². The zero-order valence-corrected chi connectivity index (χ0v) is 10.4. The van der Waals surface area contributed by atoms with E-state index in [0.29, 0.717) is 6.10 Å². The van der Waals surface area contributed by atoms with Gasteiger partial charge in [0, 0.05) is 17.6 Å². The second-order valence-corrected chi connectivity index (χ2v) is 5.50. The van der Waals surface area contributed by atoms with Gasteiger partial charge in [0.1, 0.15) is 0 Å². The van der Waals surface area contributed by atoms with Gasteiger partial charge in [-0.2, -0.15) is 11.8 Å². The molecule has 2 unspecified atom stereocenters. The summed E-state index contributed by atoms with van der Waals surface area (Å²) in [7, 11) is 0. The quantitative estimate of drug-likeness (QED) is 0.623. The van der Waals surface area contributed by atoms with Crippen LogP contribution < -0.4 is 0 Å². The minimum Gasteiger partial charge on any atom is -0.377 e. The minimum atomic E-state index is 0.555. The first-order chi connectivity index (χ1) is 6.86. The molecule has 1 fully saturated rings. The molecule has 1 heterocycles. The molecule has 2 atom stereocenters. The van der Waals surface area contributed by atoms with Crippen molar-refractivity contribution in [1.82, 2.24) is 0 Å². The van der Waals surface area contributed by atoms with Crippen LogP contribution in [0.25, 0.3) is 0 Å². The third-order valence-corrected chi connectivity index (χ3v) is 4.30. The first-order valence-corrected chi connectivity index (χ1v) is 7.14. The third kappa shape index (κ3) is 4.70. The van der Waals surface area contributed by atoms with Crippen LogP contribution in [0, 0.1) is 0 Å². The second-order valence-electron chi connectivity index (χ2n) is 4.17. The lowest BCUT2D eigenvalue weighted by atomic mass is 10.1. The van der Waals surface area contributed by atoms with Crippen molar-refractivity contribution in [3.05, 3.63) is 0 Å². The summed E-state index contributed by atoms with van der Waals surface area (Å²) in [5, 5.41) is 0.922. The van der Waals surface area contributed by atoms with E-state index in [-0.39, 0.29) is 0 Å². The van der Waals surface area contributed by atoms with Gasteiger partial charge in [-0.15, -0.1) is 0 Å². The van der Waals surface area contributed by atoms with Gasteiger partial charge in [0.2, 0.25) is 0 Å². The molecule has 0 amide bonds. The summed E-state index contributed by atoms with van der Waals surface area (Å²) in [6.45, 7) is 5.47. The molecule has 1 rings (SSSR count). The zero-order valence-electron chi connectivity index (χ0n) is 9.63. The summed E-state index contributed by atoms with van der Waals surface area (Å²) in [5.74, 6) is 1.23. The highest BCUT2D eigenvalue weighted by Crippen LogP contribution is 2.30. The number of hydrogen-bond donors (Lipinski definition) is 0. The van der Waals surface area contributed by atoms with Crippen molar-refractivity contribution in [2.75, 3.05) is 12.4 Å². The third-order valence-electron chi connectivity index (χ3n) is 2.79. The van der Waals surface area contributed by atoms with E-state index in [1.54, 1.807) is 0 Å². The Bertz CT molecular complexity index is 130. The number of ether oxygens (including phenoxy) is 1. The minimum absolute atomic E-state index is 0.555. The number of unbranched alkanes of at least 4 members (excludes halogenated alkanes) is 1. The fourth-order valence-electron chi connectivity index (χ4n) is 1.86. The molecular weight excluding hydrogens is 192 g/mol. The van der Waals surface area contributed by atoms with E-state index in [2.05, 4.69) is 25.6 Å². The topological polar surface area (TPSA) is 9.23 Å². The van der Waals surface area contributed by atoms with Gasteiger partial charge in [-0.3, -0.25) is 0 Å². The normalized spacial score (nSPS) is 27.9. The van der Waals surface area contributed by atoms with E-state index < -0.39 is 0 Å². The Morgan fingerprint density at radius 2 is 2.07 bits per heavy atom. The van der Waals surface area contributed by atoms with Gasteiger partial charge in [-0.05, 0) is 25.7 Å². The van der Waals surface area contributed by atoms with Crippen molar-refractivity contribution in [2.24, 2.45) is 0 Å². The molecule has 1 aliphatic rings. The molecule has 0 saturated carbocycles. The van der Waals surface area contributed by atoms with Crippen LogP contribution in [0.2, 0.25) is 0 Å². The average molecular weight is 216 g/mol. The standard InChI is InChI=1S/C12H24OS/c1-3-5-9-13-11-7-8-12(6-4-2)14-10-11/h11-12H,3-10H2,1-2H3. The Labute approximate surface area is 93.0 Å². The fraction of sp³-hybridized carbons (Fsp3) is 1.00. The van der Waals surface area contributed by atoms with E-state index in [0.717, 1.165) is 11.9 Å². The highest BCUT2D eigenvalue weighted by Gasteiger charge is 2.20. The van der Waals surface area contributed by atoms with Crippen molar-refractivity contribution >= 4 is 11.8 Å². The van der Waals surface area contributed by atoms with Crippen molar-refractivity contribution in [3.8, 4) is 0 Å². The summed E-state index contributed by atoms with van der Waals surface area (Å²) >= 11 is 2.13. The van der Waals surface area contributed by atoms with Gasteiger partial charge in [0.15, 0.2) is 0 Å². The molecule has 14 heavy (non-hydrogen) atoms. The lowest BCUT2D eigenvalue weighted by Crippen LogP contribution is -2.25. The van der Waals surface area contributed by atoms with Crippen LogP contribution in [0.3, 0.4) is 0 Å². The van der Waals surface area contributed by atoms with Crippen LogP contribution in [-0.2, 0) is 4.74 Å². The van der Waals surface area contributed by atoms with Crippen LogP contribution in [0.5, 0.6) is 0 Å². The summed E-state index contributed by atoms with van der Waals surface area (Å²) in [6, 6.07) is 0. The van der Waals surface area contributed by atoms with Crippen LogP contribution in [0.15, 0.2) is 0 Å². The maximum atomic E-state index is 5.83. The van der Waals surface area contributed by atoms with E-state index in [1.165, 1.54) is 44.3 Å². The molecule has 1 aliphatic heterocycles. The van der Waals surface area contributed by atoms with Gasteiger partial charge >= 0.3 is 0 Å². The molecule has 0 spiro atoms. The molecule has 0 aromatic rings. The average Bonchev–Trinajstić information content (AvgIpc) is 2.21. The molecule has 2 heteroatoms. The fourth-order valence-corrected chi connectivity index (χ4v) is 3.31. The van der Waals surface area contributed by atoms with Crippen molar-refractivity contribution in [3.63, 3.8) is 0 Å². The zero-order chi connectivity index (χ0) is 10.2. The monoisotopic (exact) mass is 216 g/mol. The second kappa shape index (κ2) is 7.58. The Balaban J connectivity index is 2.03. The smallest absolute Gasteiger partial charge is 0.0665 e. The Morgan fingerprint density at radius 3 is 2.64 bits per heavy atom. The van der Waals surface area contributed by atoms with Crippen LogP contribution in [0.4, 0.5) is 0 Å². The van der Waals surface area contributed by atoms with Crippen molar-refractivity contribution < 1.29 is 4.74 Å². The molecule has 0 aliphatic carbocycles. The summed E-state index contributed by atoms with van der Waals surface area (Å²) < 4.78 is 5.83. The number of thioether (sulfide) groups is 1. The molecule has 1 saturated heterocycles. The van der Waals surface area contributed by atoms with Gasteiger partial charge in [0.25, 0.3) is 0 Å². The van der Waals surface area contributed by atoms with Gasteiger partial charge in [0.05, 0.1) is 6.10 Å². The first kappa shape index (κ1) is 12.4. The predicted octanol–water partition coefficient (Wildman–Crippen LogP) is 3.87. The molecule has 0 radical (unpaired) electrons. The van der Waals surface area contributed by atoms with E-state index in [1.807, 2.05) is 0 Å². The summed E-state index contributed by atoms with van der Waals surface area (Å²) in [5.41, 5.74) is 0. The Kier molecular flexibility index (Phi) is 6.70. The van der Waals surface area contributed by atoms with Crippen molar-refractivity contribution in [1.29, 1.82) is 0 Å².